The Labute approximate surface area is 155 Å². The van der Waals surface area contributed by atoms with Crippen LogP contribution in [0.25, 0.3) is 6.08 Å². The van der Waals surface area contributed by atoms with Gasteiger partial charge in [0.2, 0.25) is 0 Å². The molecule has 7 nitrogen and oxygen atoms in total. The molecule has 1 heterocycles. The van der Waals surface area contributed by atoms with Crippen LogP contribution in [0.5, 0.6) is 11.5 Å². The average molecular weight is 366 g/mol. The highest BCUT2D eigenvalue weighted by molar-refractivity contribution is 6.32. The molecule has 1 aliphatic heterocycles. The Bertz CT molecular complexity index is 961. The molecule has 0 aliphatic carbocycles. The quantitative estimate of drug-likeness (QED) is 0.791. The summed E-state index contributed by atoms with van der Waals surface area (Å²) in [6.07, 6.45) is 1.68. The standard InChI is InChI=1S/C20H18N2O5/c1-3-27-18-11-13(4-9-17(18)23)10-16-12(2)21-22(19(16)24)15-7-5-14(6-8-15)20(25)26/h4-11,23H,3H2,1-2H3,(H,25,26)/b16-10-. The lowest BCUT2D eigenvalue weighted by molar-refractivity contribution is -0.114. The summed E-state index contributed by atoms with van der Waals surface area (Å²) < 4.78 is 5.36. The Morgan fingerprint density at radius 2 is 1.93 bits per heavy atom. The first kappa shape index (κ1) is 18.2. The second-order valence-electron chi connectivity index (χ2n) is 5.87. The molecule has 27 heavy (non-hydrogen) atoms. The van der Waals surface area contributed by atoms with Gasteiger partial charge in [0, 0.05) is 0 Å². The third kappa shape index (κ3) is 3.67. The first-order valence-electron chi connectivity index (χ1n) is 8.31. The molecule has 2 aromatic rings. The van der Waals surface area contributed by atoms with Crippen molar-refractivity contribution in [2.24, 2.45) is 5.10 Å². The van der Waals surface area contributed by atoms with Crippen molar-refractivity contribution >= 4 is 29.4 Å². The Morgan fingerprint density at radius 3 is 2.56 bits per heavy atom. The average Bonchev–Trinajstić information content (AvgIpc) is 2.93. The summed E-state index contributed by atoms with van der Waals surface area (Å²) >= 11 is 0. The minimum atomic E-state index is -1.04. The summed E-state index contributed by atoms with van der Waals surface area (Å²) in [6, 6.07) is 10.7. The van der Waals surface area contributed by atoms with Crippen LogP contribution in [0, 0.1) is 0 Å². The van der Waals surface area contributed by atoms with Gasteiger partial charge in [0.05, 0.1) is 29.1 Å². The summed E-state index contributed by atoms with van der Waals surface area (Å²) in [4.78, 5) is 23.7. The van der Waals surface area contributed by atoms with Crippen LogP contribution < -0.4 is 9.75 Å². The van der Waals surface area contributed by atoms with E-state index in [1.54, 1.807) is 25.1 Å². The molecule has 0 radical (unpaired) electrons. The molecule has 0 spiro atoms. The minimum Gasteiger partial charge on any atom is -0.504 e. The molecular weight excluding hydrogens is 348 g/mol. The monoisotopic (exact) mass is 366 g/mol. The van der Waals surface area contributed by atoms with E-state index in [1.165, 1.54) is 35.3 Å². The number of carboxylic acid groups (broad SMARTS) is 1. The van der Waals surface area contributed by atoms with Gasteiger partial charge in [0.25, 0.3) is 5.91 Å². The fourth-order valence-electron chi connectivity index (χ4n) is 2.66. The van der Waals surface area contributed by atoms with E-state index in [9.17, 15) is 14.7 Å². The normalized spacial score (nSPS) is 15.2. The molecule has 2 N–H and O–H groups in total. The van der Waals surface area contributed by atoms with E-state index >= 15 is 0 Å². The second kappa shape index (κ2) is 7.33. The summed E-state index contributed by atoms with van der Waals surface area (Å²) in [6.45, 7) is 3.95. The molecule has 2 aromatic carbocycles. The van der Waals surface area contributed by atoms with Crippen LogP contribution in [0.15, 0.2) is 53.1 Å². The smallest absolute Gasteiger partial charge is 0.335 e. The highest BCUT2D eigenvalue weighted by Gasteiger charge is 2.28. The first-order chi connectivity index (χ1) is 12.9. The summed E-state index contributed by atoms with van der Waals surface area (Å²) in [5.41, 5.74) is 2.25. The SMILES string of the molecule is CCOc1cc(/C=C2\C(=O)N(c3ccc(C(=O)O)cc3)N=C2C)ccc1O. The molecule has 1 aliphatic rings. The molecule has 7 heteroatoms. The number of phenols is 1. The maximum Gasteiger partial charge on any atom is 0.335 e. The molecule has 0 aromatic heterocycles. The predicted molar refractivity (Wildman–Crippen MR) is 101 cm³/mol. The number of rotatable bonds is 5. The molecule has 1 amide bonds. The molecular formula is C20H18N2O5. The molecule has 0 unspecified atom stereocenters. The molecule has 0 bridgehead atoms. The third-order valence-corrected chi connectivity index (χ3v) is 4.02. The lowest BCUT2D eigenvalue weighted by atomic mass is 10.1. The number of hydrazone groups is 1. The van der Waals surface area contributed by atoms with Crippen LogP contribution in [0.4, 0.5) is 5.69 Å². The number of carboxylic acids is 1. The fraction of sp³-hybridized carbons (Fsp3) is 0.150. The topological polar surface area (TPSA) is 99.4 Å². The summed E-state index contributed by atoms with van der Waals surface area (Å²) in [5.74, 6) is -0.983. The highest BCUT2D eigenvalue weighted by Crippen LogP contribution is 2.30. The van der Waals surface area contributed by atoms with Crippen molar-refractivity contribution in [3.63, 3.8) is 0 Å². The third-order valence-electron chi connectivity index (χ3n) is 4.02. The number of aromatic carboxylic acids is 1. The Hall–Kier alpha value is -3.61. The van der Waals surface area contributed by atoms with Gasteiger partial charge in [0.1, 0.15) is 0 Å². The van der Waals surface area contributed by atoms with Gasteiger partial charge in [-0.15, -0.1) is 0 Å². The van der Waals surface area contributed by atoms with Crippen molar-refractivity contribution in [2.75, 3.05) is 11.6 Å². The number of hydrogen-bond donors (Lipinski definition) is 2. The largest absolute Gasteiger partial charge is 0.504 e. The molecule has 138 valence electrons. The number of hydrogen-bond acceptors (Lipinski definition) is 5. The van der Waals surface area contributed by atoms with Gasteiger partial charge in [-0.05, 0) is 61.9 Å². The lowest BCUT2D eigenvalue weighted by Crippen LogP contribution is -2.21. The number of benzene rings is 2. The molecule has 0 saturated heterocycles. The Morgan fingerprint density at radius 1 is 1.22 bits per heavy atom. The van der Waals surface area contributed by atoms with Crippen LogP contribution in [0.2, 0.25) is 0 Å². The van der Waals surface area contributed by atoms with Crippen LogP contribution in [0.1, 0.15) is 29.8 Å². The maximum absolute atomic E-state index is 12.8. The summed E-state index contributed by atoms with van der Waals surface area (Å²) in [5, 5.41) is 24.3. The fourth-order valence-corrected chi connectivity index (χ4v) is 2.66. The first-order valence-corrected chi connectivity index (χ1v) is 8.31. The highest BCUT2D eigenvalue weighted by atomic mass is 16.5. The number of carbonyl (C=O) groups is 2. The van der Waals surface area contributed by atoms with Crippen molar-refractivity contribution in [1.82, 2.24) is 0 Å². The molecule has 0 atom stereocenters. The lowest BCUT2D eigenvalue weighted by Gasteiger charge is -2.12. The van der Waals surface area contributed by atoms with Gasteiger partial charge in [-0.3, -0.25) is 4.79 Å². The second-order valence-corrected chi connectivity index (χ2v) is 5.87. The number of phenolic OH excluding ortho intramolecular Hbond substituents is 1. The molecule has 0 saturated carbocycles. The van der Waals surface area contributed by atoms with E-state index in [4.69, 9.17) is 9.84 Å². The zero-order chi connectivity index (χ0) is 19.6. The molecule has 0 fully saturated rings. The van der Waals surface area contributed by atoms with E-state index < -0.39 is 5.97 Å². The maximum atomic E-state index is 12.8. The Balaban J connectivity index is 1.90. The van der Waals surface area contributed by atoms with Gasteiger partial charge in [-0.25, -0.2) is 4.79 Å². The Kier molecular flexibility index (Phi) is 4.94. The van der Waals surface area contributed by atoms with E-state index in [1.807, 2.05) is 6.92 Å². The van der Waals surface area contributed by atoms with E-state index in [2.05, 4.69) is 5.10 Å². The van der Waals surface area contributed by atoms with Crippen molar-refractivity contribution in [2.45, 2.75) is 13.8 Å². The van der Waals surface area contributed by atoms with Crippen LogP contribution in [0.3, 0.4) is 0 Å². The number of aromatic hydroxyl groups is 1. The summed E-state index contributed by atoms with van der Waals surface area (Å²) in [7, 11) is 0. The van der Waals surface area contributed by atoms with Gasteiger partial charge < -0.3 is 14.9 Å². The zero-order valence-electron chi connectivity index (χ0n) is 14.8. The van der Waals surface area contributed by atoms with Crippen LogP contribution in [-0.4, -0.2) is 34.4 Å². The zero-order valence-corrected chi connectivity index (χ0v) is 14.8. The number of amides is 1. The van der Waals surface area contributed by atoms with Gasteiger partial charge >= 0.3 is 5.97 Å². The van der Waals surface area contributed by atoms with Crippen LogP contribution >= 0.6 is 0 Å². The predicted octanol–water partition coefficient (Wildman–Crippen LogP) is 3.30. The van der Waals surface area contributed by atoms with E-state index in [0.717, 1.165) is 0 Å². The van der Waals surface area contributed by atoms with Crippen LogP contribution in [-0.2, 0) is 4.79 Å². The van der Waals surface area contributed by atoms with Gasteiger partial charge in [-0.1, -0.05) is 6.07 Å². The van der Waals surface area contributed by atoms with Crippen molar-refractivity contribution < 1.29 is 24.5 Å². The van der Waals surface area contributed by atoms with Gasteiger partial charge in [0.15, 0.2) is 11.5 Å². The van der Waals surface area contributed by atoms with Gasteiger partial charge in [-0.2, -0.15) is 10.1 Å². The number of anilines is 1. The van der Waals surface area contributed by atoms with Crippen molar-refractivity contribution in [3.05, 3.63) is 59.2 Å². The molecule has 3 rings (SSSR count). The number of carbonyl (C=O) groups excluding carboxylic acids is 1. The van der Waals surface area contributed by atoms with E-state index in [-0.39, 0.29) is 17.2 Å². The minimum absolute atomic E-state index is 0.0299. The van der Waals surface area contributed by atoms with E-state index in [0.29, 0.717) is 34.9 Å². The van der Waals surface area contributed by atoms with Crippen molar-refractivity contribution in [3.8, 4) is 11.5 Å². The number of ether oxygens (including phenoxy) is 1. The number of nitrogens with zero attached hydrogens (tertiary/aromatic N) is 2. The van der Waals surface area contributed by atoms with Crippen molar-refractivity contribution in [1.29, 1.82) is 0 Å².